The number of rotatable bonds is 8. The molecule has 0 saturated heterocycles. The molecule has 17 heavy (non-hydrogen) atoms. The van der Waals surface area contributed by atoms with E-state index in [1.54, 1.807) is 0 Å². The Bertz CT molecular complexity index is 309. The van der Waals surface area contributed by atoms with E-state index < -0.39 is 0 Å². The van der Waals surface area contributed by atoms with Gasteiger partial charge in [-0.05, 0) is 66.2 Å². The Kier molecular flexibility index (Phi) is 7.40. The molecule has 1 aromatic heterocycles. The van der Waals surface area contributed by atoms with Crippen molar-refractivity contribution < 1.29 is 0 Å². The van der Waals surface area contributed by atoms with E-state index in [0.29, 0.717) is 6.04 Å². The molecule has 3 heteroatoms. The van der Waals surface area contributed by atoms with Crippen molar-refractivity contribution in [3.63, 3.8) is 0 Å². The van der Waals surface area contributed by atoms with E-state index in [4.69, 9.17) is 0 Å². The topological polar surface area (TPSA) is 12.0 Å². The quantitative estimate of drug-likeness (QED) is 0.722. The maximum Gasteiger partial charge on any atom is 0.0701 e. The average molecular weight is 318 g/mol. The van der Waals surface area contributed by atoms with Crippen LogP contribution in [0.2, 0.25) is 0 Å². The molecule has 1 nitrogen and oxygen atoms in total. The number of halogens is 1. The minimum absolute atomic E-state index is 0.679. The number of aryl methyl sites for hydroxylation is 1. The Morgan fingerprint density at radius 1 is 1.35 bits per heavy atom. The standard InChI is InChI=1S/C14H24BrNS/c1-4-10-16-13(11(2)3)7-5-6-12-8-9-14(15)17-12/h8-9,11,13,16H,4-7,10H2,1-3H3. The van der Waals surface area contributed by atoms with Crippen LogP contribution >= 0.6 is 27.3 Å². The molecule has 0 aliphatic heterocycles. The summed E-state index contributed by atoms with van der Waals surface area (Å²) in [6.07, 6.45) is 5.01. The Morgan fingerprint density at radius 2 is 2.12 bits per heavy atom. The summed E-state index contributed by atoms with van der Waals surface area (Å²) in [5.74, 6) is 0.733. The van der Waals surface area contributed by atoms with Gasteiger partial charge < -0.3 is 5.32 Å². The highest BCUT2D eigenvalue weighted by Crippen LogP contribution is 2.24. The molecule has 0 aliphatic rings. The van der Waals surface area contributed by atoms with Crippen LogP contribution in [0.15, 0.2) is 15.9 Å². The summed E-state index contributed by atoms with van der Waals surface area (Å²) < 4.78 is 1.25. The number of nitrogens with one attached hydrogen (secondary N) is 1. The van der Waals surface area contributed by atoms with Gasteiger partial charge in [-0.15, -0.1) is 11.3 Å². The van der Waals surface area contributed by atoms with Gasteiger partial charge in [0.25, 0.3) is 0 Å². The van der Waals surface area contributed by atoms with Crippen LogP contribution < -0.4 is 5.32 Å². The Hall–Kier alpha value is 0.140. The van der Waals surface area contributed by atoms with Crippen LogP contribution in [0.5, 0.6) is 0 Å². The lowest BCUT2D eigenvalue weighted by atomic mass is 9.98. The zero-order valence-corrected chi connectivity index (χ0v) is 13.5. The van der Waals surface area contributed by atoms with Crippen LogP contribution in [0.4, 0.5) is 0 Å². The minimum atomic E-state index is 0.679. The molecule has 1 N–H and O–H groups in total. The molecule has 0 amide bonds. The molecule has 0 aliphatic carbocycles. The van der Waals surface area contributed by atoms with Crippen LogP contribution in [0.1, 0.15) is 44.9 Å². The van der Waals surface area contributed by atoms with Crippen LogP contribution in [-0.2, 0) is 6.42 Å². The smallest absolute Gasteiger partial charge is 0.0701 e. The number of hydrogen-bond donors (Lipinski definition) is 1. The average Bonchev–Trinajstić information content (AvgIpc) is 2.68. The summed E-state index contributed by atoms with van der Waals surface area (Å²) in [7, 11) is 0. The first kappa shape index (κ1) is 15.2. The second-order valence-corrected chi connectivity index (χ2v) is 7.45. The van der Waals surface area contributed by atoms with Gasteiger partial charge in [0.1, 0.15) is 0 Å². The highest BCUT2D eigenvalue weighted by Gasteiger charge is 2.11. The first-order valence-electron chi connectivity index (χ1n) is 6.61. The van der Waals surface area contributed by atoms with E-state index >= 15 is 0 Å². The molecular formula is C14H24BrNS. The molecule has 0 spiro atoms. The fraction of sp³-hybridized carbons (Fsp3) is 0.714. The van der Waals surface area contributed by atoms with E-state index in [0.717, 1.165) is 12.5 Å². The largest absolute Gasteiger partial charge is 0.314 e. The molecular weight excluding hydrogens is 294 g/mol. The summed E-state index contributed by atoms with van der Waals surface area (Å²) in [4.78, 5) is 1.50. The zero-order valence-electron chi connectivity index (χ0n) is 11.1. The molecule has 1 unspecified atom stereocenters. The van der Waals surface area contributed by atoms with Gasteiger partial charge in [-0.3, -0.25) is 0 Å². The summed E-state index contributed by atoms with van der Waals surface area (Å²) in [5, 5.41) is 3.65. The molecule has 1 aromatic rings. The highest BCUT2D eigenvalue weighted by atomic mass is 79.9. The lowest BCUT2D eigenvalue weighted by Gasteiger charge is -2.22. The van der Waals surface area contributed by atoms with E-state index in [-0.39, 0.29) is 0 Å². The summed E-state index contributed by atoms with van der Waals surface area (Å²) in [5.41, 5.74) is 0. The SMILES string of the molecule is CCCNC(CCCc1ccc(Br)s1)C(C)C. The predicted molar refractivity (Wildman–Crippen MR) is 81.9 cm³/mol. The normalized spacial score (nSPS) is 13.2. The van der Waals surface area contributed by atoms with Crippen LogP contribution in [0, 0.1) is 5.92 Å². The van der Waals surface area contributed by atoms with E-state index in [1.165, 1.54) is 34.3 Å². The molecule has 1 rings (SSSR count). The predicted octanol–water partition coefficient (Wildman–Crippen LogP) is 4.86. The second-order valence-electron chi connectivity index (χ2n) is 4.90. The zero-order chi connectivity index (χ0) is 12.7. The molecule has 0 aromatic carbocycles. The van der Waals surface area contributed by atoms with Crippen molar-refractivity contribution in [1.29, 1.82) is 0 Å². The van der Waals surface area contributed by atoms with Crippen LogP contribution in [0.25, 0.3) is 0 Å². The maximum absolute atomic E-state index is 3.65. The summed E-state index contributed by atoms with van der Waals surface area (Å²) in [6, 6.07) is 5.06. The fourth-order valence-electron chi connectivity index (χ4n) is 1.98. The van der Waals surface area contributed by atoms with Crippen molar-refractivity contribution in [2.45, 2.75) is 52.5 Å². The third-order valence-corrected chi connectivity index (χ3v) is 4.71. The van der Waals surface area contributed by atoms with Gasteiger partial charge in [0, 0.05) is 10.9 Å². The molecule has 0 fully saturated rings. The van der Waals surface area contributed by atoms with Crippen molar-refractivity contribution in [1.82, 2.24) is 5.32 Å². The minimum Gasteiger partial charge on any atom is -0.314 e. The van der Waals surface area contributed by atoms with E-state index in [9.17, 15) is 0 Å². The second kappa shape index (κ2) is 8.28. The van der Waals surface area contributed by atoms with Crippen LogP contribution in [-0.4, -0.2) is 12.6 Å². The van der Waals surface area contributed by atoms with Gasteiger partial charge in [0.15, 0.2) is 0 Å². The van der Waals surface area contributed by atoms with Gasteiger partial charge in [0.2, 0.25) is 0 Å². The van der Waals surface area contributed by atoms with Crippen molar-refractivity contribution in [2.24, 2.45) is 5.92 Å². The van der Waals surface area contributed by atoms with E-state index in [2.05, 4.69) is 54.2 Å². The van der Waals surface area contributed by atoms with Crippen molar-refractivity contribution >= 4 is 27.3 Å². The molecule has 0 radical (unpaired) electrons. The fourth-order valence-corrected chi connectivity index (χ4v) is 3.51. The Balaban J connectivity index is 2.26. The molecule has 98 valence electrons. The monoisotopic (exact) mass is 317 g/mol. The molecule has 0 saturated carbocycles. The Morgan fingerprint density at radius 3 is 2.65 bits per heavy atom. The van der Waals surface area contributed by atoms with Crippen molar-refractivity contribution in [3.05, 3.63) is 20.8 Å². The van der Waals surface area contributed by atoms with Gasteiger partial charge in [-0.1, -0.05) is 20.8 Å². The van der Waals surface area contributed by atoms with Gasteiger partial charge in [-0.2, -0.15) is 0 Å². The lowest BCUT2D eigenvalue weighted by molar-refractivity contribution is 0.371. The van der Waals surface area contributed by atoms with Gasteiger partial charge >= 0.3 is 0 Å². The first-order chi connectivity index (χ1) is 8.13. The van der Waals surface area contributed by atoms with Gasteiger partial charge in [0.05, 0.1) is 3.79 Å². The van der Waals surface area contributed by atoms with Crippen molar-refractivity contribution in [3.8, 4) is 0 Å². The number of thiophene rings is 1. The lowest BCUT2D eigenvalue weighted by Crippen LogP contribution is -2.34. The van der Waals surface area contributed by atoms with Crippen LogP contribution in [0.3, 0.4) is 0 Å². The molecule has 0 bridgehead atoms. The van der Waals surface area contributed by atoms with E-state index in [1.807, 2.05) is 11.3 Å². The highest BCUT2D eigenvalue weighted by molar-refractivity contribution is 9.11. The molecule has 1 heterocycles. The summed E-state index contributed by atoms with van der Waals surface area (Å²) >= 11 is 5.38. The third kappa shape index (κ3) is 6.03. The Labute approximate surface area is 118 Å². The first-order valence-corrected chi connectivity index (χ1v) is 8.22. The maximum atomic E-state index is 3.65. The van der Waals surface area contributed by atoms with Gasteiger partial charge in [-0.25, -0.2) is 0 Å². The number of hydrogen-bond acceptors (Lipinski definition) is 2. The molecule has 1 atom stereocenters. The summed E-state index contributed by atoms with van der Waals surface area (Å²) in [6.45, 7) is 8.01. The van der Waals surface area contributed by atoms with Crippen molar-refractivity contribution in [2.75, 3.05) is 6.54 Å². The third-order valence-electron chi connectivity index (χ3n) is 3.03.